The summed E-state index contributed by atoms with van der Waals surface area (Å²) in [6.45, 7) is 0. The summed E-state index contributed by atoms with van der Waals surface area (Å²) in [5.41, 5.74) is 7.07. The first kappa shape index (κ1) is 14.4. The van der Waals surface area contributed by atoms with Crippen molar-refractivity contribution in [1.82, 2.24) is 0 Å². The summed E-state index contributed by atoms with van der Waals surface area (Å²) < 4.78 is 87.8. The largest absolute Gasteiger partial charge is 0.460 e. The third kappa shape index (κ3) is 2.04. The van der Waals surface area contributed by atoms with Gasteiger partial charge in [0.2, 0.25) is 0 Å². The molecule has 0 aromatic heterocycles. The van der Waals surface area contributed by atoms with Gasteiger partial charge in [0.1, 0.15) is 0 Å². The molecule has 0 bridgehead atoms. The van der Waals surface area contributed by atoms with E-state index in [1.165, 1.54) is 0 Å². The predicted molar refractivity (Wildman–Crippen MR) is 50.2 cm³/mol. The average molecular weight is 276 g/mol. The van der Waals surface area contributed by atoms with E-state index in [9.17, 15) is 30.7 Å². The van der Waals surface area contributed by atoms with Gasteiger partial charge in [-0.1, -0.05) is 0 Å². The van der Waals surface area contributed by atoms with Crippen molar-refractivity contribution in [3.05, 3.63) is 23.8 Å². The molecule has 0 saturated heterocycles. The Kier molecular flexibility index (Phi) is 3.14. The third-order valence-corrected chi connectivity index (χ3v) is 2.17. The van der Waals surface area contributed by atoms with Crippen LogP contribution in [0.2, 0.25) is 0 Å². The van der Waals surface area contributed by atoms with Crippen LogP contribution in [0.4, 0.5) is 42.1 Å². The summed E-state index contributed by atoms with van der Waals surface area (Å²) in [6, 6.07) is 2.01. The number of alkyl halides is 7. The van der Waals surface area contributed by atoms with E-state index in [4.69, 9.17) is 11.5 Å². The highest BCUT2D eigenvalue weighted by atomic mass is 19.4. The molecule has 102 valence electrons. The average Bonchev–Trinajstić information content (AvgIpc) is 2.19. The van der Waals surface area contributed by atoms with Crippen molar-refractivity contribution in [2.45, 2.75) is 18.0 Å². The minimum absolute atomic E-state index is 0.287. The van der Waals surface area contributed by atoms with Crippen LogP contribution in [0.25, 0.3) is 0 Å². The Labute approximate surface area is 96.4 Å². The molecule has 1 rings (SSSR count). The van der Waals surface area contributed by atoms with Crippen molar-refractivity contribution in [2.24, 2.45) is 0 Å². The third-order valence-electron chi connectivity index (χ3n) is 2.17. The van der Waals surface area contributed by atoms with E-state index in [1.807, 2.05) is 0 Å². The van der Waals surface area contributed by atoms with Crippen LogP contribution in [-0.4, -0.2) is 12.1 Å². The number of benzene rings is 1. The molecular formula is C9H7F7N2. The number of hydrogen-bond acceptors (Lipinski definition) is 2. The van der Waals surface area contributed by atoms with Crippen LogP contribution in [0.5, 0.6) is 0 Å². The van der Waals surface area contributed by atoms with E-state index in [2.05, 4.69) is 0 Å². The second kappa shape index (κ2) is 3.92. The SMILES string of the molecule is Nc1ccc(N)c(C(F)(F)C(F)(F)C(F)(F)F)c1. The lowest BCUT2D eigenvalue weighted by molar-refractivity contribution is -0.359. The Balaban J connectivity index is 3.42. The lowest BCUT2D eigenvalue weighted by atomic mass is 9.99. The Hall–Kier alpha value is -1.67. The lowest BCUT2D eigenvalue weighted by Crippen LogP contribution is -2.50. The minimum atomic E-state index is -6.41. The van der Waals surface area contributed by atoms with Crippen LogP contribution in [-0.2, 0) is 5.92 Å². The quantitative estimate of drug-likeness (QED) is 0.644. The van der Waals surface area contributed by atoms with E-state index < -0.39 is 35.0 Å². The molecule has 0 atom stereocenters. The zero-order valence-corrected chi connectivity index (χ0v) is 8.53. The fourth-order valence-corrected chi connectivity index (χ4v) is 1.19. The molecule has 0 amide bonds. The summed E-state index contributed by atoms with van der Waals surface area (Å²) in [5.74, 6) is -11.8. The van der Waals surface area contributed by atoms with Gasteiger partial charge in [-0.3, -0.25) is 0 Å². The molecule has 0 fully saturated rings. The second-order valence-electron chi connectivity index (χ2n) is 3.49. The van der Waals surface area contributed by atoms with Gasteiger partial charge in [-0.25, -0.2) is 0 Å². The van der Waals surface area contributed by atoms with Crippen LogP contribution in [0.1, 0.15) is 5.56 Å². The summed E-state index contributed by atoms with van der Waals surface area (Å²) in [7, 11) is 0. The van der Waals surface area contributed by atoms with E-state index in [0.717, 1.165) is 12.1 Å². The lowest BCUT2D eigenvalue weighted by Gasteiger charge is -2.29. The number of nitrogens with two attached hydrogens (primary N) is 2. The van der Waals surface area contributed by atoms with Gasteiger partial charge in [0.25, 0.3) is 0 Å². The number of nitrogen functional groups attached to an aromatic ring is 2. The Morgan fingerprint density at radius 3 is 1.78 bits per heavy atom. The van der Waals surface area contributed by atoms with Crippen molar-refractivity contribution >= 4 is 11.4 Å². The molecule has 0 saturated carbocycles. The Morgan fingerprint density at radius 1 is 0.833 bits per heavy atom. The molecule has 0 radical (unpaired) electrons. The molecule has 1 aromatic carbocycles. The first-order valence-corrected chi connectivity index (χ1v) is 4.39. The first-order chi connectivity index (χ1) is 7.91. The van der Waals surface area contributed by atoms with Crippen molar-refractivity contribution in [1.29, 1.82) is 0 Å². The standard InChI is InChI=1S/C9H7F7N2/c10-7(11,8(12,13)9(14,15)16)5-3-4(17)1-2-6(5)18/h1-3H,17-18H2. The van der Waals surface area contributed by atoms with Gasteiger partial charge in [-0.2, -0.15) is 30.7 Å². The molecule has 18 heavy (non-hydrogen) atoms. The van der Waals surface area contributed by atoms with Gasteiger partial charge < -0.3 is 11.5 Å². The zero-order chi connectivity index (χ0) is 14.4. The van der Waals surface area contributed by atoms with Gasteiger partial charge in [0.05, 0.1) is 5.56 Å². The first-order valence-electron chi connectivity index (χ1n) is 4.39. The zero-order valence-electron chi connectivity index (χ0n) is 8.53. The molecular weight excluding hydrogens is 269 g/mol. The molecule has 0 unspecified atom stereocenters. The van der Waals surface area contributed by atoms with Crippen molar-refractivity contribution in [3.63, 3.8) is 0 Å². The topological polar surface area (TPSA) is 52.0 Å². The molecule has 2 nitrogen and oxygen atoms in total. The number of rotatable bonds is 2. The van der Waals surface area contributed by atoms with Gasteiger partial charge in [-0.05, 0) is 18.2 Å². The number of hydrogen-bond donors (Lipinski definition) is 2. The Morgan fingerprint density at radius 2 is 1.33 bits per heavy atom. The van der Waals surface area contributed by atoms with Crippen LogP contribution in [0.3, 0.4) is 0 Å². The molecule has 0 aliphatic heterocycles. The van der Waals surface area contributed by atoms with Crippen LogP contribution in [0, 0.1) is 0 Å². The van der Waals surface area contributed by atoms with Gasteiger partial charge in [0, 0.05) is 11.4 Å². The smallest absolute Gasteiger partial charge is 0.399 e. The van der Waals surface area contributed by atoms with Crippen molar-refractivity contribution < 1.29 is 30.7 Å². The molecule has 1 aromatic rings. The Bertz CT molecular complexity index is 453. The van der Waals surface area contributed by atoms with Crippen LogP contribution < -0.4 is 11.5 Å². The molecule has 0 spiro atoms. The van der Waals surface area contributed by atoms with Crippen molar-refractivity contribution in [2.75, 3.05) is 11.5 Å². The molecule has 9 heteroatoms. The number of anilines is 2. The monoisotopic (exact) mass is 276 g/mol. The predicted octanol–water partition coefficient (Wildman–Crippen LogP) is 3.14. The van der Waals surface area contributed by atoms with Crippen molar-refractivity contribution in [3.8, 4) is 0 Å². The normalized spacial score (nSPS) is 13.7. The highest BCUT2D eigenvalue weighted by molar-refractivity contribution is 5.57. The molecule has 0 heterocycles. The minimum Gasteiger partial charge on any atom is -0.399 e. The summed E-state index contributed by atoms with van der Waals surface area (Å²) in [6.07, 6.45) is -6.41. The maximum absolute atomic E-state index is 13.3. The van der Waals surface area contributed by atoms with E-state index >= 15 is 0 Å². The highest BCUT2D eigenvalue weighted by Crippen LogP contribution is 2.53. The van der Waals surface area contributed by atoms with Gasteiger partial charge >= 0.3 is 18.0 Å². The van der Waals surface area contributed by atoms with Crippen LogP contribution >= 0.6 is 0 Å². The van der Waals surface area contributed by atoms with E-state index in [-0.39, 0.29) is 6.07 Å². The summed E-state index contributed by atoms with van der Waals surface area (Å²) >= 11 is 0. The van der Waals surface area contributed by atoms with Crippen LogP contribution in [0.15, 0.2) is 18.2 Å². The highest BCUT2D eigenvalue weighted by Gasteiger charge is 2.73. The molecule has 0 aliphatic carbocycles. The maximum Gasteiger partial charge on any atom is 0.460 e. The molecule has 4 N–H and O–H groups in total. The van der Waals surface area contributed by atoms with Gasteiger partial charge in [-0.15, -0.1) is 0 Å². The second-order valence-corrected chi connectivity index (χ2v) is 3.49. The fourth-order valence-electron chi connectivity index (χ4n) is 1.19. The molecule has 0 aliphatic rings. The number of halogens is 7. The summed E-state index contributed by atoms with van der Waals surface area (Å²) in [4.78, 5) is 0. The van der Waals surface area contributed by atoms with E-state index in [0.29, 0.717) is 0 Å². The van der Waals surface area contributed by atoms with E-state index in [1.54, 1.807) is 0 Å². The fraction of sp³-hybridized carbons (Fsp3) is 0.333. The van der Waals surface area contributed by atoms with Gasteiger partial charge in [0.15, 0.2) is 0 Å². The summed E-state index contributed by atoms with van der Waals surface area (Å²) in [5, 5.41) is 0. The maximum atomic E-state index is 13.3.